The number of benzene rings is 1. The van der Waals surface area contributed by atoms with Crippen molar-refractivity contribution in [3.63, 3.8) is 0 Å². The van der Waals surface area contributed by atoms with E-state index < -0.39 is 108 Å². The van der Waals surface area contributed by atoms with Gasteiger partial charge in [0.25, 0.3) is 0 Å². The lowest BCUT2D eigenvalue weighted by atomic mass is 9.76. The third-order valence-electron chi connectivity index (χ3n) is 14.9. The van der Waals surface area contributed by atoms with E-state index in [1.807, 2.05) is 92.6 Å². The molecule has 18 nitrogen and oxygen atoms in total. The number of hydrogen-bond donors (Lipinski definition) is 2. The van der Waals surface area contributed by atoms with Gasteiger partial charge in [0.2, 0.25) is 0 Å². The van der Waals surface area contributed by atoms with E-state index >= 15 is 0 Å². The van der Waals surface area contributed by atoms with Gasteiger partial charge in [-0.2, -0.15) is 0 Å². The van der Waals surface area contributed by atoms with Crippen LogP contribution in [-0.2, 0) is 73.1 Å². The number of nitrogens with one attached hydrogen (secondary N) is 1. The van der Waals surface area contributed by atoms with E-state index in [0.717, 1.165) is 11.1 Å². The van der Waals surface area contributed by atoms with Crippen LogP contribution in [0.3, 0.4) is 0 Å². The topological polar surface area (TPSA) is 203 Å². The number of ether oxygens (including phenoxy) is 11. The summed E-state index contributed by atoms with van der Waals surface area (Å²) in [5.41, 5.74) is 7.45. The summed E-state index contributed by atoms with van der Waals surface area (Å²) in [4.78, 5) is 49.3. The van der Waals surface area contributed by atoms with Crippen LogP contribution in [0, 0.1) is 17.8 Å². The van der Waals surface area contributed by atoms with Gasteiger partial charge in [0, 0.05) is 63.1 Å². The highest BCUT2D eigenvalue weighted by Crippen LogP contribution is 2.45. The van der Waals surface area contributed by atoms with Crippen LogP contribution in [0.15, 0.2) is 35.5 Å². The third kappa shape index (κ3) is 13.1. The largest absolute Gasteiger partial charge is 0.509 e. The predicted octanol–water partition coefficient (Wildman–Crippen LogP) is 7.01. The highest BCUT2D eigenvalue weighted by Gasteiger charge is 2.59. The molecule has 1 aromatic carbocycles. The first kappa shape index (κ1) is 57.8. The van der Waals surface area contributed by atoms with Gasteiger partial charge >= 0.3 is 18.1 Å². The third-order valence-corrected chi connectivity index (χ3v) is 15.2. The molecule has 0 aliphatic carbocycles. The summed E-state index contributed by atoms with van der Waals surface area (Å²) < 4.78 is 71.2. The number of halogens is 1. The molecule has 70 heavy (non-hydrogen) atoms. The summed E-state index contributed by atoms with van der Waals surface area (Å²) in [6.07, 6.45) is -7.08. The average Bonchev–Trinajstić information content (AvgIpc) is 3.62. The first-order chi connectivity index (χ1) is 33.0. The molecule has 3 fully saturated rings. The van der Waals surface area contributed by atoms with E-state index in [0.29, 0.717) is 36.7 Å². The van der Waals surface area contributed by atoms with Crippen molar-refractivity contribution in [3.8, 4) is 0 Å². The minimum absolute atomic E-state index is 0.0874. The number of nitrogens with zero attached hydrogens (tertiary/aromatic N) is 1. The predicted molar refractivity (Wildman–Crippen MR) is 259 cm³/mol. The minimum Gasteiger partial charge on any atom is -0.458 e. The molecule has 1 aromatic rings. The van der Waals surface area contributed by atoms with E-state index in [1.54, 1.807) is 34.1 Å². The fourth-order valence-electron chi connectivity index (χ4n) is 10.9. The number of rotatable bonds is 17. The quantitative estimate of drug-likeness (QED) is 0.0697. The van der Waals surface area contributed by atoms with Crippen molar-refractivity contribution >= 4 is 29.7 Å². The molecule has 19 heteroatoms. The molecule has 3 saturated heterocycles. The Hall–Kier alpha value is -3.14. The number of methoxy groups -OCH3 is 2. The summed E-state index contributed by atoms with van der Waals surface area (Å²) >= 11 is 6.54. The maximum Gasteiger partial charge on any atom is 0.509 e. The standard InChI is InChI=1S/C51H82ClN3O15/c1-16-38-51(11)44(69-48(58)70-51)30(4)40(54-62-27-35-20-17-18-21-36(35)52)28(2)25-49(9,59-14)43(68-47-42(65-34(8)56)37(55(12)13)24-29(3)63-47)31(5)41(32(6)46(57)66-38)67-39-26-50(10,60-15)45(33(7)64-39)61-23-19-22-53/h17-18,20-21,29-33,37-39,41-45,47,54H,16,19,22-27,53H2,1-15H3/b40-28+/t29-,30+,31+,32-,33+,37+,38-,39+,41+,42-,43-,44-,45+,47+,49-,50-,51-/m1/s1. The van der Waals surface area contributed by atoms with Crippen molar-refractivity contribution in [2.45, 2.75) is 199 Å². The summed E-state index contributed by atoms with van der Waals surface area (Å²) in [5.74, 6) is -3.49. The van der Waals surface area contributed by atoms with Gasteiger partial charge in [0.1, 0.15) is 18.8 Å². The first-order valence-electron chi connectivity index (χ1n) is 24.8. The lowest BCUT2D eigenvalue weighted by Crippen LogP contribution is -2.61. The molecule has 398 valence electrons. The van der Waals surface area contributed by atoms with Gasteiger partial charge in [-0.3, -0.25) is 19.9 Å². The van der Waals surface area contributed by atoms with Gasteiger partial charge in [0.05, 0.1) is 47.6 Å². The van der Waals surface area contributed by atoms with Crippen LogP contribution in [0.2, 0.25) is 5.02 Å². The maximum absolute atomic E-state index is 15.0. The molecule has 0 amide bonds. The first-order valence-corrected chi connectivity index (χ1v) is 25.1. The van der Waals surface area contributed by atoms with E-state index in [2.05, 4.69) is 5.48 Å². The van der Waals surface area contributed by atoms with Crippen LogP contribution in [0.5, 0.6) is 0 Å². The number of carbonyl (C=O) groups is 3. The number of esters is 2. The van der Waals surface area contributed by atoms with Crippen LogP contribution in [0.4, 0.5) is 4.79 Å². The second-order valence-electron chi connectivity index (χ2n) is 20.5. The summed E-state index contributed by atoms with van der Waals surface area (Å²) in [5, 5.41) is 0.526. The van der Waals surface area contributed by atoms with Crippen LogP contribution < -0.4 is 11.2 Å². The normalized spacial score (nSPS) is 39.9. The molecule has 17 atom stereocenters. The second kappa shape index (κ2) is 24.7. The van der Waals surface area contributed by atoms with E-state index in [4.69, 9.17) is 74.3 Å². The molecule has 4 aliphatic rings. The van der Waals surface area contributed by atoms with Gasteiger partial charge in [-0.05, 0) is 106 Å². The van der Waals surface area contributed by atoms with Gasteiger partial charge < -0.3 is 62.7 Å². The number of carbonyl (C=O) groups excluding carboxylic acids is 3. The van der Waals surface area contributed by atoms with Crippen molar-refractivity contribution in [2.75, 3.05) is 41.5 Å². The summed E-state index contributed by atoms with van der Waals surface area (Å²) in [7, 11) is 7.05. The molecular weight excluding hydrogens is 930 g/mol. The highest BCUT2D eigenvalue weighted by molar-refractivity contribution is 6.31. The fourth-order valence-corrected chi connectivity index (χ4v) is 11.1. The van der Waals surface area contributed by atoms with Crippen molar-refractivity contribution in [2.24, 2.45) is 23.5 Å². The zero-order chi connectivity index (χ0) is 51.9. The molecule has 0 spiro atoms. The Morgan fingerprint density at radius 3 is 2.24 bits per heavy atom. The second-order valence-corrected chi connectivity index (χ2v) is 20.9. The van der Waals surface area contributed by atoms with E-state index in [1.165, 1.54) is 6.92 Å². The Balaban J connectivity index is 1.70. The Morgan fingerprint density at radius 1 is 0.943 bits per heavy atom. The number of fused-ring (bicyclic) bond motifs is 1. The average molecular weight is 1010 g/mol. The summed E-state index contributed by atoms with van der Waals surface area (Å²) in [6.45, 7) is 21.1. The number of nitrogens with two attached hydrogens (primary N) is 1. The lowest BCUT2D eigenvalue weighted by molar-refractivity contribution is -0.322. The monoisotopic (exact) mass is 1010 g/mol. The number of hydrogen-bond acceptors (Lipinski definition) is 18. The van der Waals surface area contributed by atoms with Crippen molar-refractivity contribution < 1.29 is 71.3 Å². The molecule has 0 saturated carbocycles. The molecular formula is C51H82ClN3O15. The SMILES string of the molecule is CC[C@H]1OC(=O)[C@H](C)[C@@H](O[C@H]2C[C@@](C)(OC)[C@@H](OCCCN)[C@H](C)O2)[C@H](C)[C@@H](O[C@@H]2O[C@H](C)C[C@H](N(C)C)[C@H]2OC(C)=O)[C@](C)(OC)C/C(C)=C(/NOCc2ccccc2Cl)[C@H](C)[C@H]2OC(=O)O[C@@]21C. The lowest BCUT2D eigenvalue weighted by Gasteiger charge is -2.50. The van der Waals surface area contributed by atoms with Crippen LogP contribution in [0.1, 0.15) is 114 Å². The highest BCUT2D eigenvalue weighted by atomic mass is 35.5. The molecule has 0 bridgehead atoms. The van der Waals surface area contributed by atoms with Gasteiger partial charge in [0.15, 0.2) is 30.4 Å². The number of likely N-dealkylation sites (N-methyl/N-ethyl adjacent to an activating group) is 1. The molecule has 0 aromatic heterocycles. The Kier molecular flexibility index (Phi) is 20.4. The van der Waals surface area contributed by atoms with Crippen LogP contribution >= 0.6 is 11.6 Å². The van der Waals surface area contributed by atoms with Gasteiger partial charge in [-0.15, -0.1) is 0 Å². The zero-order valence-electron chi connectivity index (χ0n) is 44.1. The minimum atomic E-state index is -1.45. The van der Waals surface area contributed by atoms with E-state index in [9.17, 15) is 14.4 Å². The van der Waals surface area contributed by atoms with Crippen LogP contribution in [0.25, 0.3) is 0 Å². The zero-order valence-corrected chi connectivity index (χ0v) is 44.8. The Bertz CT molecular complexity index is 1940. The molecule has 4 heterocycles. The molecule has 4 aliphatic heterocycles. The molecule has 3 N–H and O–H groups in total. The van der Waals surface area contributed by atoms with Gasteiger partial charge in [-0.25, -0.2) is 4.79 Å². The van der Waals surface area contributed by atoms with E-state index in [-0.39, 0.29) is 38.0 Å². The molecule has 0 radical (unpaired) electrons. The van der Waals surface area contributed by atoms with Gasteiger partial charge in [-0.1, -0.05) is 50.6 Å². The summed E-state index contributed by atoms with van der Waals surface area (Å²) in [6, 6.07) is 7.06. The van der Waals surface area contributed by atoms with Crippen molar-refractivity contribution in [1.29, 1.82) is 0 Å². The van der Waals surface area contributed by atoms with Crippen LogP contribution in [-0.4, -0.2) is 149 Å². The molecule has 0 unspecified atom stereocenters. The number of cyclic esters (lactones) is 1. The maximum atomic E-state index is 15.0. The van der Waals surface area contributed by atoms with Crippen molar-refractivity contribution in [3.05, 3.63) is 46.1 Å². The fraction of sp³-hybridized carbons (Fsp3) is 0.784. The number of hydroxylamine groups is 1. The Labute approximate surface area is 420 Å². The van der Waals surface area contributed by atoms with Crippen molar-refractivity contribution in [1.82, 2.24) is 10.4 Å². The Morgan fingerprint density at radius 2 is 1.63 bits per heavy atom. The molecule has 5 rings (SSSR count). The smallest absolute Gasteiger partial charge is 0.458 e.